The number of nitrogens with zero attached hydrogens (tertiary/aromatic N) is 1. The number of esters is 1. The van der Waals surface area contributed by atoms with Crippen molar-refractivity contribution in [2.75, 3.05) is 24.7 Å². The van der Waals surface area contributed by atoms with Crippen molar-refractivity contribution < 1.29 is 14.3 Å². The molecule has 0 radical (unpaired) electrons. The number of hydrogen-bond donors (Lipinski definition) is 1. The first kappa shape index (κ1) is 15.5. The third-order valence-corrected chi connectivity index (χ3v) is 3.74. The van der Waals surface area contributed by atoms with Crippen LogP contribution in [0.3, 0.4) is 0 Å². The van der Waals surface area contributed by atoms with Crippen LogP contribution in [0, 0.1) is 12.3 Å². The molecule has 1 aromatic heterocycles. The van der Waals surface area contributed by atoms with E-state index in [4.69, 9.17) is 11.2 Å². The van der Waals surface area contributed by atoms with Gasteiger partial charge in [0, 0.05) is 12.3 Å². The zero-order valence-electron chi connectivity index (χ0n) is 10.5. The third kappa shape index (κ3) is 5.32. The number of thiazole rings is 1. The minimum atomic E-state index is -0.504. The molecule has 0 unspecified atom stereocenters. The molecule has 0 saturated carbocycles. The monoisotopic (exact) mass is 298 g/mol. The molecule has 19 heavy (non-hydrogen) atoms. The maximum absolute atomic E-state index is 11.7. The SMILES string of the molecule is C#CCSCCNC(=O)c1cnc(C(=O)OCC)s1. The number of ether oxygens (including phenoxy) is 1. The quantitative estimate of drug-likeness (QED) is 0.468. The lowest BCUT2D eigenvalue weighted by atomic mass is 10.5. The predicted molar refractivity (Wildman–Crippen MR) is 76.6 cm³/mol. The molecule has 0 saturated heterocycles. The van der Waals surface area contributed by atoms with Crippen LogP contribution in [-0.2, 0) is 4.74 Å². The fraction of sp³-hybridized carbons (Fsp3) is 0.417. The fourth-order valence-corrected chi connectivity index (χ4v) is 2.36. The molecular formula is C12H14N2O3S2. The van der Waals surface area contributed by atoms with E-state index in [2.05, 4.69) is 16.2 Å². The highest BCUT2D eigenvalue weighted by Crippen LogP contribution is 2.13. The van der Waals surface area contributed by atoms with E-state index in [0.717, 1.165) is 17.1 Å². The highest BCUT2D eigenvalue weighted by atomic mass is 32.2. The highest BCUT2D eigenvalue weighted by Gasteiger charge is 2.15. The Kier molecular flexibility index (Phi) is 7.00. The number of hydrogen-bond acceptors (Lipinski definition) is 6. The number of rotatable bonds is 7. The summed E-state index contributed by atoms with van der Waals surface area (Å²) < 4.78 is 4.80. The zero-order valence-corrected chi connectivity index (χ0v) is 12.1. The molecule has 0 aliphatic carbocycles. The van der Waals surface area contributed by atoms with E-state index in [1.807, 2.05) is 0 Å². The lowest BCUT2D eigenvalue weighted by molar-refractivity contribution is 0.0526. The third-order valence-electron chi connectivity index (χ3n) is 1.90. The Morgan fingerprint density at radius 1 is 1.63 bits per heavy atom. The van der Waals surface area contributed by atoms with E-state index >= 15 is 0 Å². The summed E-state index contributed by atoms with van der Waals surface area (Å²) in [6.45, 7) is 2.52. The second-order valence-electron chi connectivity index (χ2n) is 3.26. The van der Waals surface area contributed by atoms with Gasteiger partial charge in [-0.2, -0.15) is 0 Å². The molecule has 0 bridgehead atoms. The molecule has 5 nitrogen and oxygen atoms in total. The second-order valence-corrected chi connectivity index (χ2v) is 5.40. The van der Waals surface area contributed by atoms with Crippen LogP contribution in [-0.4, -0.2) is 41.5 Å². The minimum Gasteiger partial charge on any atom is -0.461 e. The number of aromatic nitrogens is 1. The summed E-state index contributed by atoms with van der Waals surface area (Å²) >= 11 is 2.59. The van der Waals surface area contributed by atoms with Gasteiger partial charge in [-0.15, -0.1) is 29.5 Å². The van der Waals surface area contributed by atoms with Gasteiger partial charge in [-0.25, -0.2) is 9.78 Å². The van der Waals surface area contributed by atoms with Crippen molar-refractivity contribution in [3.05, 3.63) is 16.1 Å². The number of carbonyl (C=O) groups excluding carboxylic acids is 2. The van der Waals surface area contributed by atoms with Crippen LogP contribution >= 0.6 is 23.1 Å². The molecule has 0 fully saturated rings. The lowest BCUT2D eigenvalue weighted by Crippen LogP contribution is -2.24. The predicted octanol–water partition coefficient (Wildman–Crippen LogP) is 1.42. The van der Waals surface area contributed by atoms with Crippen LogP contribution < -0.4 is 5.32 Å². The minimum absolute atomic E-state index is 0.189. The molecule has 7 heteroatoms. The van der Waals surface area contributed by atoms with Crippen molar-refractivity contribution in [1.82, 2.24) is 10.3 Å². The first-order valence-electron chi connectivity index (χ1n) is 5.61. The van der Waals surface area contributed by atoms with Gasteiger partial charge in [-0.05, 0) is 6.92 Å². The standard InChI is InChI=1S/C12H14N2O3S2/c1-3-6-18-7-5-13-10(15)9-8-14-11(19-9)12(16)17-4-2/h1,8H,4-7H2,2H3,(H,13,15). The summed E-state index contributed by atoms with van der Waals surface area (Å²) in [4.78, 5) is 27.4. The van der Waals surface area contributed by atoms with Crippen molar-refractivity contribution in [2.45, 2.75) is 6.92 Å². The Bertz CT molecular complexity index is 480. The van der Waals surface area contributed by atoms with Crippen LogP contribution in [0.15, 0.2) is 6.20 Å². The molecule has 0 atom stereocenters. The number of thioether (sulfide) groups is 1. The summed E-state index contributed by atoms with van der Waals surface area (Å²) in [6.07, 6.45) is 6.48. The Labute approximate surface area is 120 Å². The summed E-state index contributed by atoms with van der Waals surface area (Å²) in [6, 6.07) is 0. The Morgan fingerprint density at radius 2 is 2.42 bits per heavy atom. The zero-order chi connectivity index (χ0) is 14.1. The van der Waals surface area contributed by atoms with E-state index in [1.165, 1.54) is 6.20 Å². The molecule has 0 aromatic carbocycles. The number of carbonyl (C=O) groups is 2. The highest BCUT2D eigenvalue weighted by molar-refractivity contribution is 7.99. The summed E-state index contributed by atoms with van der Waals surface area (Å²) in [5, 5.41) is 2.92. The molecule has 1 heterocycles. The van der Waals surface area contributed by atoms with Gasteiger partial charge in [0.05, 0.1) is 18.6 Å². The van der Waals surface area contributed by atoms with Crippen molar-refractivity contribution in [2.24, 2.45) is 0 Å². The lowest BCUT2D eigenvalue weighted by Gasteiger charge is -2.01. The average molecular weight is 298 g/mol. The first-order valence-corrected chi connectivity index (χ1v) is 7.58. The van der Waals surface area contributed by atoms with E-state index in [9.17, 15) is 9.59 Å². The van der Waals surface area contributed by atoms with Gasteiger partial charge in [-0.3, -0.25) is 4.79 Å². The van der Waals surface area contributed by atoms with Crippen LogP contribution in [0.4, 0.5) is 0 Å². The second kappa shape index (κ2) is 8.56. The molecule has 0 aliphatic rings. The first-order chi connectivity index (χ1) is 9.19. The summed E-state index contributed by atoms with van der Waals surface area (Å²) in [7, 11) is 0. The van der Waals surface area contributed by atoms with Gasteiger partial charge in [0.15, 0.2) is 0 Å². The smallest absolute Gasteiger partial charge is 0.367 e. The summed E-state index contributed by atoms with van der Waals surface area (Å²) in [5.41, 5.74) is 0. The van der Waals surface area contributed by atoms with Crippen molar-refractivity contribution in [3.8, 4) is 12.3 Å². The normalized spacial score (nSPS) is 9.68. The van der Waals surface area contributed by atoms with Crippen molar-refractivity contribution in [3.63, 3.8) is 0 Å². The molecule has 0 spiro atoms. The van der Waals surface area contributed by atoms with Gasteiger partial charge < -0.3 is 10.1 Å². The van der Waals surface area contributed by atoms with Gasteiger partial charge >= 0.3 is 5.97 Å². The van der Waals surface area contributed by atoms with Gasteiger partial charge in [0.25, 0.3) is 5.91 Å². The van der Waals surface area contributed by atoms with Gasteiger partial charge in [0.1, 0.15) is 4.88 Å². The molecule has 1 amide bonds. The van der Waals surface area contributed by atoms with Crippen molar-refractivity contribution in [1.29, 1.82) is 0 Å². The molecule has 0 aliphatic heterocycles. The average Bonchev–Trinajstić information content (AvgIpc) is 2.88. The van der Waals surface area contributed by atoms with Crippen molar-refractivity contribution >= 4 is 35.0 Å². The maximum atomic E-state index is 11.7. The molecular weight excluding hydrogens is 284 g/mol. The number of nitrogens with one attached hydrogen (secondary N) is 1. The number of amides is 1. The number of terminal acetylenes is 1. The largest absolute Gasteiger partial charge is 0.461 e. The van der Waals surface area contributed by atoms with E-state index in [1.54, 1.807) is 18.7 Å². The van der Waals surface area contributed by atoms with E-state index in [0.29, 0.717) is 17.2 Å². The van der Waals surface area contributed by atoms with Crippen LogP contribution in [0.1, 0.15) is 26.4 Å². The Morgan fingerprint density at radius 3 is 3.11 bits per heavy atom. The molecule has 1 aromatic rings. The van der Waals surface area contributed by atoms with Gasteiger partial charge in [0.2, 0.25) is 5.01 Å². The Hall–Kier alpha value is -1.52. The van der Waals surface area contributed by atoms with Gasteiger partial charge in [-0.1, -0.05) is 5.92 Å². The van der Waals surface area contributed by atoms with Crippen LogP contribution in [0.25, 0.3) is 0 Å². The van der Waals surface area contributed by atoms with Crippen LogP contribution in [0.5, 0.6) is 0 Å². The van der Waals surface area contributed by atoms with E-state index < -0.39 is 5.97 Å². The fourth-order valence-electron chi connectivity index (χ4n) is 1.12. The molecule has 1 rings (SSSR count). The van der Waals surface area contributed by atoms with Crippen LogP contribution in [0.2, 0.25) is 0 Å². The maximum Gasteiger partial charge on any atom is 0.367 e. The topological polar surface area (TPSA) is 68.3 Å². The summed E-state index contributed by atoms with van der Waals surface area (Å²) in [5.74, 6) is 3.14. The molecule has 1 N–H and O–H groups in total. The Balaban J connectivity index is 2.41. The molecule has 102 valence electrons. The van der Waals surface area contributed by atoms with E-state index in [-0.39, 0.29) is 17.5 Å².